The molecule has 0 aromatic carbocycles. The molecule has 1 fully saturated rings. The number of rotatable bonds is 4. The van der Waals surface area contributed by atoms with E-state index in [0.717, 1.165) is 0 Å². The molecular weight excluding hydrogens is 294 g/mol. The zero-order valence-corrected chi connectivity index (χ0v) is 13.9. The monoisotopic (exact) mass is 317 g/mol. The standard InChI is InChI=1S/C15H17N3O3.C2H6/c1-4-6-7-12-11(3)21-15(16-12)18-9-8-17(10-14(18)20)13(19)5-2;1-2/h4-7H,1-2,8-10H2,3H3;1-2H3/b7-6-;. The molecule has 0 spiro atoms. The Labute approximate surface area is 136 Å². The largest absolute Gasteiger partial charge is 0.428 e. The molecule has 1 aliphatic rings. The number of nitrogens with zero attached hydrogens (tertiary/aromatic N) is 3. The second-order valence-corrected chi connectivity index (χ2v) is 4.54. The molecule has 2 rings (SSSR count). The zero-order valence-electron chi connectivity index (χ0n) is 13.9. The highest BCUT2D eigenvalue weighted by Gasteiger charge is 2.30. The van der Waals surface area contributed by atoms with Crippen molar-refractivity contribution in [2.45, 2.75) is 20.8 Å². The first-order valence-corrected chi connectivity index (χ1v) is 7.55. The Morgan fingerprint density at radius 1 is 1.30 bits per heavy atom. The van der Waals surface area contributed by atoms with E-state index in [2.05, 4.69) is 18.1 Å². The molecule has 0 unspecified atom stereocenters. The number of hydrogen-bond acceptors (Lipinski definition) is 4. The Bertz CT molecular complexity index is 617. The van der Waals surface area contributed by atoms with Crippen molar-refractivity contribution in [3.05, 3.63) is 42.8 Å². The van der Waals surface area contributed by atoms with Crippen LogP contribution in [0.1, 0.15) is 25.3 Å². The molecule has 0 atom stereocenters. The Kier molecular flexibility index (Phi) is 6.99. The van der Waals surface area contributed by atoms with E-state index in [1.165, 1.54) is 15.9 Å². The van der Waals surface area contributed by atoms with Gasteiger partial charge in [-0.15, -0.1) is 0 Å². The maximum absolute atomic E-state index is 12.1. The maximum Gasteiger partial charge on any atom is 0.304 e. The topological polar surface area (TPSA) is 66.7 Å². The van der Waals surface area contributed by atoms with Gasteiger partial charge in [-0.2, -0.15) is 4.98 Å². The van der Waals surface area contributed by atoms with Gasteiger partial charge in [0.2, 0.25) is 11.8 Å². The lowest BCUT2D eigenvalue weighted by Gasteiger charge is -2.31. The molecule has 6 heteroatoms. The van der Waals surface area contributed by atoms with Gasteiger partial charge in [-0.05, 0) is 19.1 Å². The summed E-state index contributed by atoms with van der Waals surface area (Å²) in [6, 6.07) is 0.256. The fraction of sp³-hybridized carbons (Fsp3) is 0.353. The summed E-state index contributed by atoms with van der Waals surface area (Å²) in [5.41, 5.74) is 0.655. The SMILES string of the molecule is C=C/C=C\c1nc(N2CCN(C(=O)C=C)CC2=O)oc1C.CC. The highest BCUT2D eigenvalue weighted by Crippen LogP contribution is 2.21. The first-order valence-electron chi connectivity index (χ1n) is 7.55. The average molecular weight is 317 g/mol. The Hall–Kier alpha value is -2.63. The second-order valence-electron chi connectivity index (χ2n) is 4.54. The lowest BCUT2D eigenvalue weighted by Crippen LogP contribution is -2.52. The number of hydrogen-bond donors (Lipinski definition) is 0. The molecule has 23 heavy (non-hydrogen) atoms. The molecule has 6 nitrogen and oxygen atoms in total. The van der Waals surface area contributed by atoms with Gasteiger partial charge in [-0.25, -0.2) is 0 Å². The number of amides is 2. The molecule has 1 aromatic rings. The number of piperazine rings is 1. The number of carbonyl (C=O) groups is 2. The van der Waals surface area contributed by atoms with Crippen LogP contribution in [0.3, 0.4) is 0 Å². The zero-order chi connectivity index (χ0) is 17.4. The van der Waals surface area contributed by atoms with Gasteiger partial charge in [0.05, 0.1) is 0 Å². The van der Waals surface area contributed by atoms with Gasteiger partial charge in [0.15, 0.2) is 0 Å². The third-order valence-electron chi connectivity index (χ3n) is 3.15. The Morgan fingerprint density at radius 3 is 2.57 bits per heavy atom. The molecule has 124 valence electrons. The summed E-state index contributed by atoms with van der Waals surface area (Å²) < 4.78 is 5.53. The number of aromatic nitrogens is 1. The Balaban J connectivity index is 0.00000127. The third kappa shape index (κ3) is 4.42. The first kappa shape index (κ1) is 18.4. The Morgan fingerprint density at radius 2 is 2.00 bits per heavy atom. The van der Waals surface area contributed by atoms with E-state index in [1.54, 1.807) is 25.2 Å². The molecule has 0 N–H and O–H groups in total. The van der Waals surface area contributed by atoms with Gasteiger partial charge in [-0.1, -0.05) is 39.2 Å². The van der Waals surface area contributed by atoms with Crippen LogP contribution in [-0.4, -0.2) is 41.3 Å². The van der Waals surface area contributed by atoms with Crippen LogP contribution in [0.2, 0.25) is 0 Å². The molecular formula is C17H23N3O3. The van der Waals surface area contributed by atoms with Gasteiger partial charge >= 0.3 is 6.01 Å². The van der Waals surface area contributed by atoms with Crippen molar-refractivity contribution in [1.29, 1.82) is 0 Å². The van der Waals surface area contributed by atoms with E-state index >= 15 is 0 Å². The van der Waals surface area contributed by atoms with E-state index < -0.39 is 0 Å². The van der Waals surface area contributed by atoms with E-state index in [-0.39, 0.29) is 24.4 Å². The van der Waals surface area contributed by atoms with Crippen LogP contribution in [-0.2, 0) is 9.59 Å². The van der Waals surface area contributed by atoms with Gasteiger partial charge in [0, 0.05) is 13.1 Å². The molecule has 0 radical (unpaired) electrons. The number of aryl methyl sites for hydroxylation is 1. The highest BCUT2D eigenvalue weighted by atomic mass is 16.4. The van der Waals surface area contributed by atoms with Crippen molar-refractivity contribution >= 4 is 23.9 Å². The fourth-order valence-electron chi connectivity index (χ4n) is 2.02. The summed E-state index contributed by atoms with van der Waals surface area (Å²) in [6.07, 6.45) is 6.35. The molecule has 0 saturated carbocycles. The van der Waals surface area contributed by atoms with Crippen molar-refractivity contribution in [3.63, 3.8) is 0 Å². The smallest absolute Gasteiger partial charge is 0.304 e. The fourth-order valence-corrected chi connectivity index (χ4v) is 2.02. The van der Waals surface area contributed by atoms with Gasteiger partial charge in [0.25, 0.3) is 0 Å². The summed E-state index contributed by atoms with van der Waals surface area (Å²) in [4.78, 5) is 30.8. The summed E-state index contributed by atoms with van der Waals surface area (Å²) in [5, 5.41) is 0. The molecule has 1 saturated heterocycles. The van der Waals surface area contributed by atoms with Crippen molar-refractivity contribution in [2.24, 2.45) is 0 Å². The van der Waals surface area contributed by atoms with Gasteiger partial charge < -0.3 is 9.32 Å². The van der Waals surface area contributed by atoms with Gasteiger partial charge in [-0.3, -0.25) is 14.5 Å². The van der Waals surface area contributed by atoms with Crippen molar-refractivity contribution in [1.82, 2.24) is 9.88 Å². The lowest BCUT2D eigenvalue weighted by molar-refractivity contribution is -0.133. The molecule has 2 heterocycles. The normalized spacial score (nSPS) is 14.5. The van der Waals surface area contributed by atoms with Crippen LogP contribution in [0.15, 0.2) is 35.8 Å². The predicted molar refractivity (Wildman–Crippen MR) is 90.9 cm³/mol. The number of anilines is 1. The lowest BCUT2D eigenvalue weighted by atomic mass is 10.3. The van der Waals surface area contributed by atoms with Crippen LogP contribution in [0.4, 0.5) is 6.01 Å². The molecule has 2 amide bonds. The van der Waals surface area contributed by atoms with Crippen LogP contribution < -0.4 is 4.90 Å². The minimum absolute atomic E-state index is 0.00408. The van der Waals surface area contributed by atoms with Crippen LogP contribution in [0.25, 0.3) is 6.08 Å². The third-order valence-corrected chi connectivity index (χ3v) is 3.15. The summed E-state index contributed by atoms with van der Waals surface area (Å²) in [5.74, 6) is 0.152. The van der Waals surface area contributed by atoms with E-state index in [4.69, 9.17) is 4.42 Å². The number of carbonyl (C=O) groups excluding carboxylic acids is 2. The van der Waals surface area contributed by atoms with Crippen LogP contribution >= 0.6 is 0 Å². The van der Waals surface area contributed by atoms with Gasteiger partial charge in [0.1, 0.15) is 18.0 Å². The summed E-state index contributed by atoms with van der Waals surface area (Å²) in [6.45, 7) is 13.6. The van der Waals surface area contributed by atoms with E-state index in [1.807, 2.05) is 13.8 Å². The summed E-state index contributed by atoms with van der Waals surface area (Å²) >= 11 is 0. The average Bonchev–Trinajstić information content (AvgIpc) is 2.94. The quantitative estimate of drug-likeness (QED) is 0.632. The van der Waals surface area contributed by atoms with Crippen molar-refractivity contribution in [2.75, 3.05) is 24.5 Å². The second kappa shape index (κ2) is 8.73. The minimum atomic E-state index is -0.249. The molecule has 1 aromatic heterocycles. The number of oxazole rings is 1. The first-order chi connectivity index (χ1) is 11.1. The van der Waals surface area contributed by atoms with Crippen LogP contribution in [0, 0.1) is 6.92 Å². The minimum Gasteiger partial charge on any atom is -0.428 e. The predicted octanol–water partition coefficient (Wildman–Crippen LogP) is 2.57. The number of allylic oxidation sites excluding steroid dienone is 2. The molecule has 0 aliphatic carbocycles. The van der Waals surface area contributed by atoms with Crippen molar-refractivity contribution < 1.29 is 14.0 Å². The molecule has 0 bridgehead atoms. The van der Waals surface area contributed by atoms with E-state index in [9.17, 15) is 9.59 Å². The van der Waals surface area contributed by atoms with E-state index in [0.29, 0.717) is 24.5 Å². The molecule has 1 aliphatic heterocycles. The maximum atomic E-state index is 12.1. The van der Waals surface area contributed by atoms with Crippen molar-refractivity contribution in [3.8, 4) is 0 Å². The van der Waals surface area contributed by atoms with Crippen LogP contribution in [0.5, 0.6) is 0 Å². The highest BCUT2D eigenvalue weighted by molar-refractivity contribution is 5.98. The summed E-state index contributed by atoms with van der Waals surface area (Å²) in [7, 11) is 0.